The van der Waals surface area contributed by atoms with Crippen molar-refractivity contribution < 1.29 is 8.42 Å². The highest BCUT2D eigenvalue weighted by atomic mass is 32.2. The molecule has 1 aliphatic heterocycles. The molecule has 1 aromatic rings. The molecule has 1 atom stereocenters. The molecule has 0 unspecified atom stereocenters. The van der Waals surface area contributed by atoms with E-state index in [0.29, 0.717) is 11.5 Å². The van der Waals surface area contributed by atoms with Crippen LogP contribution in [0.3, 0.4) is 0 Å². The predicted octanol–water partition coefficient (Wildman–Crippen LogP) is 2.00. The van der Waals surface area contributed by atoms with Crippen LogP contribution in [0.25, 0.3) is 0 Å². The summed E-state index contributed by atoms with van der Waals surface area (Å²) in [7, 11) is -2.79. The number of sulfone groups is 1. The summed E-state index contributed by atoms with van der Waals surface area (Å²) >= 11 is 0. The summed E-state index contributed by atoms with van der Waals surface area (Å²) in [5, 5.41) is 0. The van der Waals surface area contributed by atoms with Gasteiger partial charge in [0.05, 0.1) is 11.5 Å². The molecule has 4 heteroatoms. The van der Waals surface area contributed by atoms with Gasteiger partial charge >= 0.3 is 0 Å². The number of hydrogen-bond acceptors (Lipinski definition) is 3. The minimum Gasteiger partial charge on any atom is -0.295 e. The molecule has 0 N–H and O–H groups in total. The average molecular weight is 267 g/mol. The maximum Gasteiger partial charge on any atom is 0.151 e. The topological polar surface area (TPSA) is 37.4 Å². The van der Waals surface area contributed by atoms with Gasteiger partial charge in [-0.3, -0.25) is 4.90 Å². The van der Waals surface area contributed by atoms with E-state index in [9.17, 15) is 8.42 Å². The molecule has 0 aliphatic carbocycles. The lowest BCUT2D eigenvalue weighted by Crippen LogP contribution is -2.35. The second-order valence-electron chi connectivity index (χ2n) is 5.11. The standard InChI is InChI=1S/C14H21NO2S/c1-3-15(14-8-9-18(16,17)11-14)10-13-6-4-12(2)5-7-13/h4-7,14H,3,8-11H2,1-2H3/t14-/m0/s1. The van der Waals surface area contributed by atoms with Crippen molar-refractivity contribution in [1.82, 2.24) is 4.90 Å². The lowest BCUT2D eigenvalue weighted by molar-refractivity contribution is 0.215. The van der Waals surface area contributed by atoms with Crippen LogP contribution in [0.1, 0.15) is 24.5 Å². The van der Waals surface area contributed by atoms with Crippen LogP contribution in [-0.2, 0) is 16.4 Å². The number of hydrogen-bond donors (Lipinski definition) is 0. The van der Waals surface area contributed by atoms with E-state index < -0.39 is 9.84 Å². The van der Waals surface area contributed by atoms with Crippen LogP contribution in [0.2, 0.25) is 0 Å². The van der Waals surface area contributed by atoms with E-state index in [0.717, 1.165) is 19.5 Å². The monoisotopic (exact) mass is 267 g/mol. The van der Waals surface area contributed by atoms with E-state index in [-0.39, 0.29) is 6.04 Å². The van der Waals surface area contributed by atoms with Crippen molar-refractivity contribution >= 4 is 9.84 Å². The molecular weight excluding hydrogens is 246 g/mol. The highest BCUT2D eigenvalue weighted by molar-refractivity contribution is 7.91. The minimum absolute atomic E-state index is 0.196. The molecule has 0 amide bonds. The van der Waals surface area contributed by atoms with E-state index >= 15 is 0 Å². The van der Waals surface area contributed by atoms with Gasteiger partial charge in [-0.25, -0.2) is 8.42 Å². The van der Waals surface area contributed by atoms with Crippen molar-refractivity contribution in [3.63, 3.8) is 0 Å². The zero-order valence-electron chi connectivity index (χ0n) is 11.1. The Morgan fingerprint density at radius 3 is 2.44 bits per heavy atom. The van der Waals surface area contributed by atoms with Crippen molar-refractivity contribution in [1.29, 1.82) is 0 Å². The second-order valence-corrected chi connectivity index (χ2v) is 7.33. The third kappa shape index (κ3) is 3.33. The first-order valence-corrected chi connectivity index (χ1v) is 8.32. The molecule has 3 nitrogen and oxygen atoms in total. The molecule has 0 saturated carbocycles. The molecule has 0 bridgehead atoms. The van der Waals surface area contributed by atoms with Gasteiger partial charge in [0, 0.05) is 12.6 Å². The largest absolute Gasteiger partial charge is 0.295 e. The third-order valence-electron chi connectivity index (χ3n) is 3.64. The van der Waals surface area contributed by atoms with Crippen molar-refractivity contribution in [2.45, 2.75) is 32.9 Å². The second kappa shape index (κ2) is 5.41. The average Bonchev–Trinajstić information content (AvgIpc) is 2.69. The van der Waals surface area contributed by atoms with Gasteiger partial charge in [0.2, 0.25) is 0 Å². The molecule has 1 heterocycles. The van der Waals surface area contributed by atoms with Crippen molar-refractivity contribution in [2.24, 2.45) is 0 Å². The Bertz CT molecular complexity index is 493. The molecule has 2 rings (SSSR count). The van der Waals surface area contributed by atoms with Crippen molar-refractivity contribution in [3.8, 4) is 0 Å². The van der Waals surface area contributed by atoms with Crippen LogP contribution < -0.4 is 0 Å². The summed E-state index contributed by atoms with van der Waals surface area (Å²) in [4.78, 5) is 2.27. The zero-order chi connectivity index (χ0) is 13.2. The maximum atomic E-state index is 11.5. The normalized spacial score (nSPS) is 22.5. The van der Waals surface area contributed by atoms with Crippen LogP contribution in [0.5, 0.6) is 0 Å². The number of rotatable bonds is 4. The Hall–Kier alpha value is -0.870. The summed E-state index contributed by atoms with van der Waals surface area (Å²) < 4.78 is 23.1. The number of aryl methyl sites for hydroxylation is 1. The quantitative estimate of drug-likeness (QED) is 0.837. The lowest BCUT2D eigenvalue weighted by atomic mass is 10.1. The number of benzene rings is 1. The number of nitrogens with zero attached hydrogens (tertiary/aromatic N) is 1. The summed E-state index contributed by atoms with van der Waals surface area (Å²) in [6.07, 6.45) is 0.780. The van der Waals surface area contributed by atoms with Gasteiger partial charge in [-0.1, -0.05) is 36.8 Å². The summed E-state index contributed by atoms with van der Waals surface area (Å²) in [5.41, 5.74) is 2.51. The van der Waals surface area contributed by atoms with Gasteiger partial charge < -0.3 is 0 Å². The van der Waals surface area contributed by atoms with Gasteiger partial charge in [-0.05, 0) is 25.5 Å². The highest BCUT2D eigenvalue weighted by Gasteiger charge is 2.31. The highest BCUT2D eigenvalue weighted by Crippen LogP contribution is 2.19. The van der Waals surface area contributed by atoms with E-state index in [1.54, 1.807) is 0 Å². The molecule has 1 aromatic carbocycles. The fourth-order valence-electron chi connectivity index (χ4n) is 2.49. The molecule has 100 valence electrons. The van der Waals surface area contributed by atoms with Crippen LogP contribution >= 0.6 is 0 Å². The molecule has 0 aromatic heterocycles. The molecule has 0 radical (unpaired) electrons. The van der Waals surface area contributed by atoms with Crippen LogP contribution in [0.4, 0.5) is 0 Å². The van der Waals surface area contributed by atoms with Crippen LogP contribution in [0, 0.1) is 6.92 Å². The molecule has 1 saturated heterocycles. The summed E-state index contributed by atoms with van der Waals surface area (Å²) in [5.74, 6) is 0.675. The Morgan fingerprint density at radius 1 is 1.28 bits per heavy atom. The van der Waals surface area contributed by atoms with Crippen LogP contribution in [-0.4, -0.2) is 37.4 Å². The van der Waals surface area contributed by atoms with Crippen molar-refractivity contribution in [2.75, 3.05) is 18.1 Å². The first-order chi connectivity index (χ1) is 8.50. The predicted molar refractivity (Wildman–Crippen MR) is 74.3 cm³/mol. The minimum atomic E-state index is -2.79. The fourth-order valence-corrected chi connectivity index (χ4v) is 4.25. The van der Waals surface area contributed by atoms with Gasteiger partial charge in [-0.15, -0.1) is 0 Å². The Labute approximate surface area is 110 Å². The van der Waals surface area contributed by atoms with Gasteiger partial charge in [0.15, 0.2) is 9.84 Å². The first kappa shape index (κ1) is 13.6. The molecular formula is C14H21NO2S. The fraction of sp³-hybridized carbons (Fsp3) is 0.571. The summed E-state index contributed by atoms with van der Waals surface area (Å²) in [6.45, 7) is 5.91. The van der Waals surface area contributed by atoms with Crippen molar-refractivity contribution in [3.05, 3.63) is 35.4 Å². The zero-order valence-corrected chi connectivity index (χ0v) is 11.9. The van der Waals surface area contributed by atoms with Gasteiger partial charge in [0.25, 0.3) is 0 Å². The van der Waals surface area contributed by atoms with E-state index in [2.05, 4.69) is 43.0 Å². The Morgan fingerprint density at radius 2 is 1.94 bits per heavy atom. The van der Waals surface area contributed by atoms with E-state index in [1.165, 1.54) is 11.1 Å². The maximum absolute atomic E-state index is 11.5. The van der Waals surface area contributed by atoms with E-state index in [4.69, 9.17) is 0 Å². The van der Waals surface area contributed by atoms with Gasteiger partial charge in [-0.2, -0.15) is 0 Å². The van der Waals surface area contributed by atoms with E-state index in [1.807, 2.05) is 0 Å². The summed E-state index contributed by atoms with van der Waals surface area (Å²) in [6, 6.07) is 8.66. The smallest absolute Gasteiger partial charge is 0.151 e. The van der Waals surface area contributed by atoms with Gasteiger partial charge in [0.1, 0.15) is 0 Å². The molecule has 0 spiro atoms. The SMILES string of the molecule is CCN(Cc1ccc(C)cc1)[C@H]1CCS(=O)(=O)C1. The van der Waals surface area contributed by atoms with Crippen LogP contribution in [0.15, 0.2) is 24.3 Å². The molecule has 1 aliphatic rings. The lowest BCUT2D eigenvalue weighted by Gasteiger charge is -2.26. The molecule has 1 fully saturated rings. The first-order valence-electron chi connectivity index (χ1n) is 6.50. The molecule has 18 heavy (non-hydrogen) atoms. The Balaban J connectivity index is 2.04. The Kier molecular flexibility index (Phi) is 4.07. The third-order valence-corrected chi connectivity index (χ3v) is 5.39.